The van der Waals surface area contributed by atoms with Gasteiger partial charge in [-0.2, -0.15) is 0 Å². The van der Waals surface area contributed by atoms with Gasteiger partial charge in [-0.25, -0.2) is 4.98 Å². The fourth-order valence-corrected chi connectivity index (χ4v) is 7.27. The molecule has 0 unspecified atom stereocenters. The zero-order valence-electron chi connectivity index (χ0n) is 19.7. The third-order valence-corrected chi connectivity index (χ3v) is 9.28. The third-order valence-electron chi connectivity index (χ3n) is 7.06. The molecule has 3 heterocycles. The Bertz CT molecular complexity index is 1910. The first-order valence-electron chi connectivity index (χ1n) is 12.3. The number of hydrogen-bond donors (Lipinski definition) is 1. The zero-order valence-corrected chi connectivity index (χ0v) is 21.4. The highest BCUT2D eigenvalue weighted by atomic mass is 32.1. The van der Waals surface area contributed by atoms with Crippen molar-refractivity contribution in [3.8, 4) is 43.3 Å². The van der Waals surface area contributed by atoms with Crippen LogP contribution in [0.15, 0.2) is 115 Å². The minimum atomic E-state index is 1.07. The molecule has 1 N–H and O–H groups in total. The predicted octanol–water partition coefficient (Wildman–Crippen LogP) is 10.2. The van der Waals surface area contributed by atoms with Gasteiger partial charge < -0.3 is 5.32 Å². The quantitative estimate of drug-likeness (QED) is 0.256. The molecule has 0 saturated heterocycles. The number of thiazole rings is 1. The van der Waals surface area contributed by atoms with Crippen molar-refractivity contribution >= 4 is 54.4 Å². The molecule has 174 valence electrons. The second kappa shape index (κ2) is 8.13. The van der Waals surface area contributed by atoms with Gasteiger partial charge in [0.1, 0.15) is 5.01 Å². The first-order chi connectivity index (χ1) is 18.3. The summed E-state index contributed by atoms with van der Waals surface area (Å²) >= 11 is 3.61. The molecule has 0 spiro atoms. The van der Waals surface area contributed by atoms with Gasteiger partial charge in [-0.1, -0.05) is 66.7 Å². The number of para-hydroxylation sites is 1. The Labute approximate surface area is 222 Å². The van der Waals surface area contributed by atoms with E-state index in [0.717, 1.165) is 21.9 Å². The van der Waals surface area contributed by atoms with Crippen molar-refractivity contribution in [3.05, 3.63) is 115 Å². The van der Waals surface area contributed by atoms with Gasteiger partial charge in [0.05, 0.1) is 10.2 Å². The molecule has 0 saturated carbocycles. The second-order valence-corrected chi connectivity index (χ2v) is 11.5. The number of thiophene rings is 1. The Kier molecular flexibility index (Phi) is 4.59. The van der Waals surface area contributed by atoms with Crippen LogP contribution in [0.3, 0.4) is 0 Å². The van der Waals surface area contributed by atoms with E-state index < -0.39 is 0 Å². The predicted molar refractivity (Wildman–Crippen MR) is 160 cm³/mol. The van der Waals surface area contributed by atoms with Crippen LogP contribution in [0.5, 0.6) is 0 Å². The van der Waals surface area contributed by atoms with E-state index in [0.29, 0.717) is 0 Å². The average molecular weight is 509 g/mol. The van der Waals surface area contributed by atoms with Crippen molar-refractivity contribution in [1.29, 1.82) is 0 Å². The van der Waals surface area contributed by atoms with E-state index in [2.05, 4.69) is 121 Å². The number of nitrogens with one attached hydrogen (secondary N) is 1. The molecule has 2 nitrogen and oxygen atoms in total. The van der Waals surface area contributed by atoms with Crippen molar-refractivity contribution < 1.29 is 0 Å². The van der Waals surface area contributed by atoms with Crippen LogP contribution >= 0.6 is 22.7 Å². The highest BCUT2D eigenvalue weighted by molar-refractivity contribution is 7.22. The van der Waals surface area contributed by atoms with E-state index in [1.165, 1.54) is 53.0 Å². The molecule has 1 aliphatic rings. The Morgan fingerprint density at radius 1 is 0.514 bits per heavy atom. The van der Waals surface area contributed by atoms with Gasteiger partial charge in [0, 0.05) is 32.1 Å². The summed E-state index contributed by atoms with van der Waals surface area (Å²) in [6.07, 6.45) is 0. The second-order valence-electron chi connectivity index (χ2n) is 9.36. The third kappa shape index (κ3) is 3.49. The van der Waals surface area contributed by atoms with E-state index in [1.807, 2.05) is 11.3 Å². The lowest BCUT2D eigenvalue weighted by Gasteiger charge is -2.12. The lowest BCUT2D eigenvalue weighted by Crippen LogP contribution is -1.91. The smallest absolute Gasteiger partial charge is 0.125 e. The number of hydrogen-bond acceptors (Lipinski definition) is 4. The van der Waals surface area contributed by atoms with Crippen LogP contribution in [0, 0.1) is 0 Å². The lowest BCUT2D eigenvalue weighted by molar-refractivity contribution is 1.50. The molecular weight excluding hydrogens is 489 g/mol. The largest absolute Gasteiger partial charge is 0.356 e. The van der Waals surface area contributed by atoms with Gasteiger partial charge in [-0.05, 0) is 76.2 Å². The SMILES string of the molecule is c1ccc2sc(-c3ccc(Nc4ccc(-c5ccc6cc5-c5nc7c-6cccc7s5)cc4)cc3)cc2c1. The molecule has 0 aliphatic carbocycles. The lowest BCUT2D eigenvalue weighted by atomic mass is 9.95. The molecule has 37 heavy (non-hydrogen) atoms. The topological polar surface area (TPSA) is 24.9 Å². The van der Waals surface area contributed by atoms with Crippen molar-refractivity contribution in [2.24, 2.45) is 0 Å². The average Bonchev–Trinajstić information content (AvgIpc) is 3.56. The number of rotatable bonds is 4. The summed E-state index contributed by atoms with van der Waals surface area (Å²) < 4.78 is 2.58. The van der Waals surface area contributed by atoms with Gasteiger partial charge >= 0.3 is 0 Å². The van der Waals surface area contributed by atoms with E-state index in [-0.39, 0.29) is 0 Å². The Morgan fingerprint density at radius 3 is 2.05 bits per heavy atom. The molecule has 4 bridgehead atoms. The Hall–Kier alpha value is -4.25. The molecule has 0 atom stereocenters. The summed E-state index contributed by atoms with van der Waals surface area (Å²) in [5.74, 6) is 0. The number of aromatic nitrogens is 1. The Balaban J connectivity index is 1.06. The summed E-state index contributed by atoms with van der Waals surface area (Å²) in [6.45, 7) is 0. The fraction of sp³-hybridized carbons (Fsp3) is 0. The first kappa shape index (κ1) is 20.9. The molecule has 0 fully saturated rings. The molecule has 1 aliphatic heterocycles. The standard InChI is InChI=1S/C33H20N2S2/c1-2-6-29-23(4-1)19-31(36-29)21-10-15-25(16-11-21)34-24-13-8-20(9-14-24)26-17-12-22-18-28(26)33-35-32-27(22)5-3-7-30(32)37-33/h1-19,34H. The maximum Gasteiger partial charge on any atom is 0.125 e. The summed E-state index contributed by atoms with van der Waals surface area (Å²) in [4.78, 5) is 6.28. The van der Waals surface area contributed by atoms with Crippen LogP contribution < -0.4 is 5.32 Å². The molecule has 5 aromatic carbocycles. The highest BCUT2D eigenvalue weighted by Crippen LogP contribution is 2.44. The van der Waals surface area contributed by atoms with Gasteiger partial charge in [0.25, 0.3) is 0 Å². The minimum absolute atomic E-state index is 1.07. The molecule has 4 heteroatoms. The van der Waals surface area contributed by atoms with Crippen LogP contribution in [0.25, 0.3) is 63.6 Å². The number of fused-ring (bicyclic) bond motifs is 6. The molecule has 8 rings (SSSR count). The van der Waals surface area contributed by atoms with Crippen LogP contribution in [0.2, 0.25) is 0 Å². The highest BCUT2D eigenvalue weighted by Gasteiger charge is 2.19. The van der Waals surface area contributed by atoms with Crippen LogP contribution in [0.4, 0.5) is 11.4 Å². The normalized spacial score (nSPS) is 11.8. The van der Waals surface area contributed by atoms with Crippen molar-refractivity contribution in [2.45, 2.75) is 0 Å². The molecule has 7 aromatic rings. The van der Waals surface area contributed by atoms with E-state index in [4.69, 9.17) is 4.98 Å². The van der Waals surface area contributed by atoms with Crippen molar-refractivity contribution in [3.63, 3.8) is 0 Å². The summed E-state index contributed by atoms with van der Waals surface area (Å²) in [5, 5.41) is 5.95. The molecular formula is C33H20N2S2. The molecule has 0 radical (unpaired) electrons. The minimum Gasteiger partial charge on any atom is -0.356 e. The summed E-state index contributed by atoms with van der Waals surface area (Å²) in [7, 11) is 0. The van der Waals surface area contributed by atoms with Crippen LogP contribution in [-0.2, 0) is 0 Å². The summed E-state index contributed by atoms with van der Waals surface area (Å²) in [6, 6.07) is 41.4. The number of benzene rings is 5. The van der Waals surface area contributed by atoms with Crippen LogP contribution in [0.1, 0.15) is 0 Å². The van der Waals surface area contributed by atoms with Crippen molar-refractivity contribution in [1.82, 2.24) is 4.98 Å². The van der Waals surface area contributed by atoms with E-state index in [1.54, 1.807) is 11.3 Å². The van der Waals surface area contributed by atoms with Gasteiger partial charge in [0.2, 0.25) is 0 Å². The number of nitrogens with zero attached hydrogens (tertiary/aromatic N) is 1. The van der Waals surface area contributed by atoms with Gasteiger partial charge in [-0.15, -0.1) is 22.7 Å². The maximum absolute atomic E-state index is 4.98. The van der Waals surface area contributed by atoms with Crippen molar-refractivity contribution in [2.75, 3.05) is 5.32 Å². The number of anilines is 2. The Morgan fingerprint density at radius 2 is 1.24 bits per heavy atom. The fourth-order valence-electron chi connectivity index (χ4n) is 5.18. The zero-order chi connectivity index (χ0) is 24.3. The van der Waals surface area contributed by atoms with Gasteiger partial charge in [-0.3, -0.25) is 0 Å². The summed E-state index contributed by atoms with van der Waals surface area (Å²) in [5.41, 5.74) is 10.6. The monoisotopic (exact) mass is 508 g/mol. The van der Waals surface area contributed by atoms with E-state index >= 15 is 0 Å². The van der Waals surface area contributed by atoms with E-state index in [9.17, 15) is 0 Å². The first-order valence-corrected chi connectivity index (χ1v) is 13.9. The van der Waals surface area contributed by atoms with Gasteiger partial charge in [0.15, 0.2) is 0 Å². The maximum atomic E-state index is 4.98. The molecule has 2 aromatic heterocycles. The molecule has 0 amide bonds. The van der Waals surface area contributed by atoms with Crippen LogP contribution in [-0.4, -0.2) is 4.98 Å².